The molecule has 1 aliphatic carbocycles. The average molecular weight is 226 g/mol. The Bertz CT molecular complexity index is 218. The van der Waals surface area contributed by atoms with Crippen molar-refractivity contribution in [3.63, 3.8) is 0 Å². The van der Waals surface area contributed by atoms with Crippen LogP contribution < -0.4 is 5.32 Å². The minimum Gasteiger partial charge on any atom is -0.390 e. The van der Waals surface area contributed by atoms with Gasteiger partial charge in [-0.05, 0) is 37.6 Å². The third-order valence-corrected chi connectivity index (χ3v) is 4.11. The number of β-amino-alcohol motifs (C(OH)–C–C–N with tert-alkyl or cyclic N) is 1. The van der Waals surface area contributed by atoms with E-state index in [1.165, 1.54) is 19.3 Å². The number of aliphatic hydroxyl groups excluding tert-OH is 1. The van der Waals surface area contributed by atoms with Gasteiger partial charge in [0.1, 0.15) is 0 Å². The molecule has 0 amide bonds. The summed E-state index contributed by atoms with van der Waals surface area (Å²) in [5, 5.41) is 13.3. The lowest BCUT2D eigenvalue weighted by molar-refractivity contribution is 0.0703. The Morgan fingerprint density at radius 3 is 2.62 bits per heavy atom. The van der Waals surface area contributed by atoms with Gasteiger partial charge in [-0.25, -0.2) is 0 Å². The van der Waals surface area contributed by atoms with Crippen molar-refractivity contribution in [1.82, 2.24) is 10.2 Å². The predicted molar refractivity (Wildman–Crippen MR) is 66.4 cm³/mol. The van der Waals surface area contributed by atoms with Gasteiger partial charge in [-0.3, -0.25) is 0 Å². The van der Waals surface area contributed by atoms with Gasteiger partial charge in [-0.2, -0.15) is 0 Å². The maximum absolute atomic E-state index is 9.93. The van der Waals surface area contributed by atoms with Gasteiger partial charge in [0.15, 0.2) is 0 Å². The fourth-order valence-electron chi connectivity index (χ4n) is 2.47. The van der Waals surface area contributed by atoms with Crippen molar-refractivity contribution < 1.29 is 5.11 Å². The molecule has 16 heavy (non-hydrogen) atoms. The molecule has 94 valence electrons. The first-order chi connectivity index (χ1) is 7.65. The number of rotatable bonds is 5. The summed E-state index contributed by atoms with van der Waals surface area (Å²) in [6.45, 7) is 8.59. The zero-order valence-corrected chi connectivity index (χ0v) is 10.7. The normalized spacial score (nSPS) is 33.9. The lowest BCUT2D eigenvalue weighted by Gasteiger charge is -2.36. The highest BCUT2D eigenvalue weighted by atomic mass is 16.3. The highest BCUT2D eigenvalue weighted by molar-refractivity contribution is 4.83. The van der Waals surface area contributed by atoms with E-state index < -0.39 is 0 Å². The molecule has 0 aromatic carbocycles. The van der Waals surface area contributed by atoms with Gasteiger partial charge in [0.2, 0.25) is 0 Å². The molecule has 1 saturated carbocycles. The van der Waals surface area contributed by atoms with Crippen LogP contribution in [0.15, 0.2) is 0 Å². The first-order valence-corrected chi connectivity index (χ1v) is 6.79. The van der Waals surface area contributed by atoms with Crippen LogP contribution in [-0.2, 0) is 0 Å². The van der Waals surface area contributed by atoms with Crippen LogP contribution in [0.2, 0.25) is 0 Å². The van der Waals surface area contributed by atoms with E-state index in [1.54, 1.807) is 0 Å². The third kappa shape index (κ3) is 3.72. The Labute approximate surface area is 99.2 Å². The highest BCUT2D eigenvalue weighted by Gasteiger charge is 2.25. The Kier molecular flexibility index (Phi) is 4.22. The number of nitrogens with one attached hydrogen (secondary N) is 1. The standard InChI is InChI=1S/C13H26N2O/c1-10-5-6-15(8-11(10)2)9-13(16)7-14-12-3-4-12/h10-14,16H,3-9H2,1-2H3. The summed E-state index contributed by atoms with van der Waals surface area (Å²) in [7, 11) is 0. The Hall–Kier alpha value is -0.120. The molecule has 3 heteroatoms. The molecule has 1 heterocycles. The van der Waals surface area contributed by atoms with Crippen LogP contribution in [0.3, 0.4) is 0 Å². The van der Waals surface area contributed by atoms with Crippen LogP contribution in [0.1, 0.15) is 33.1 Å². The van der Waals surface area contributed by atoms with E-state index >= 15 is 0 Å². The van der Waals surface area contributed by atoms with E-state index in [2.05, 4.69) is 24.1 Å². The topological polar surface area (TPSA) is 35.5 Å². The number of hydrogen-bond donors (Lipinski definition) is 2. The van der Waals surface area contributed by atoms with E-state index in [0.29, 0.717) is 6.04 Å². The molecule has 2 N–H and O–H groups in total. The second kappa shape index (κ2) is 5.48. The maximum Gasteiger partial charge on any atom is 0.0791 e. The smallest absolute Gasteiger partial charge is 0.0791 e. The molecule has 0 aromatic rings. The number of nitrogens with zero attached hydrogens (tertiary/aromatic N) is 1. The van der Waals surface area contributed by atoms with E-state index in [4.69, 9.17) is 0 Å². The molecule has 3 nitrogen and oxygen atoms in total. The molecule has 0 spiro atoms. The SMILES string of the molecule is CC1CCN(CC(O)CNC2CC2)CC1C. The minimum atomic E-state index is -0.193. The second-order valence-corrected chi connectivity index (χ2v) is 5.84. The third-order valence-electron chi connectivity index (χ3n) is 4.11. The Balaban J connectivity index is 1.63. The van der Waals surface area contributed by atoms with Crippen molar-refractivity contribution in [3.05, 3.63) is 0 Å². The summed E-state index contributed by atoms with van der Waals surface area (Å²) in [6.07, 6.45) is 3.68. The summed E-state index contributed by atoms with van der Waals surface area (Å²) >= 11 is 0. The average Bonchev–Trinajstić information content (AvgIpc) is 3.04. The number of hydrogen-bond acceptors (Lipinski definition) is 3. The van der Waals surface area contributed by atoms with Gasteiger partial charge >= 0.3 is 0 Å². The quantitative estimate of drug-likeness (QED) is 0.736. The van der Waals surface area contributed by atoms with Crippen molar-refractivity contribution in [2.45, 2.75) is 45.3 Å². The van der Waals surface area contributed by atoms with Crippen molar-refractivity contribution >= 4 is 0 Å². The molecule has 3 unspecified atom stereocenters. The summed E-state index contributed by atoms with van der Waals surface area (Å²) < 4.78 is 0. The van der Waals surface area contributed by atoms with E-state index in [9.17, 15) is 5.11 Å². The fraction of sp³-hybridized carbons (Fsp3) is 1.00. The number of piperidine rings is 1. The maximum atomic E-state index is 9.93. The van der Waals surface area contributed by atoms with Crippen LogP contribution in [0.4, 0.5) is 0 Å². The molecule has 1 aliphatic heterocycles. The number of likely N-dealkylation sites (tertiary alicyclic amines) is 1. The zero-order valence-electron chi connectivity index (χ0n) is 10.7. The van der Waals surface area contributed by atoms with Crippen molar-refractivity contribution in [2.75, 3.05) is 26.2 Å². The Morgan fingerprint density at radius 2 is 2.00 bits per heavy atom. The second-order valence-electron chi connectivity index (χ2n) is 5.84. The summed E-state index contributed by atoms with van der Waals surface area (Å²) in [4.78, 5) is 2.42. The van der Waals surface area contributed by atoms with Crippen LogP contribution in [0, 0.1) is 11.8 Å². The first-order valence-electron chi connectivity index (χ1n) is 6.79. The van der Waals surface area contributed by atoms with Gasteiger partial charge in [0.05, 0.1) is 6.10 Å². The predicted octanol–water partition coefficient (Wildman–Crippen LogP) is 1.08. The summed E-state index contributed by atoms with van der Waals surface area (Å²) in [5.74, 6) is 1.62. The van der Waals surface area contributed by atoms with Gasteiger partial charge in [0, 0.05) is 25.7 Å². The molecule has 3 atom stereocenters. The molecule has 0 bridgehead atoms. The van der Waals surface area contributed by atoms with Crippen LogP contribution in [-0.4, -0.2) is 48.3 Å². The lowest BCUT2D eigenvalue weighted by Crippen LogP contribution is -2.44. The van der Waals surface area contributed by atoms with Crippen molar-refractivity contribution in [2.24, 2.45) is 11.8 Å². The van der Waals surface area contributed by atoms with Crippen molar-refractivity contribution in [3.8, 4) is 0 Å². The van der Waals surface area contributed by atoms with Crippen LogP contribution in [0.5, 0.6) is 0 Å². The molecule has 2 aliphatic rings. The van der Waals surface area contributed by atoms with Gasteiger partial charge < -0.3 is 15.3 Å². The molecule has 2 rings (SSSR count). The molecular weight excluding hydrogens is 200 g/mol. The van der Waals surface area contributed by atoms with E-state index in [1.807, 2.05) is 0 Å². The first kappa shape index (κ1) is 12.3. The van der Waals surface area contributed by atoms with E-state index in [0.717, 1.165) is 38.0 Å². The summed E-state index contributed by atoms with van der Waals surface area (Å²) in [6, 6.07) is 0.704. The van der Waals surface area contributed by atoms with Gasteiger partial charge in [-0.1, -0.05) is 13.8 Å². The highest BCUT2D eigenvalue weighted by Crippen LogP contribution is 2.22. The molecule has 0 radical (unpaired) electrons. The van der Waals surface area contributed by atoms with Gasteiger partial charge in [0.25, 0.3) is 0 Å². The van der Waals surface area contributed by atoms with Crippen LogP contribution in [0.25, 0.3) is 0 Å². The zero-order chi connectivity index (χ0) is 11.5. The minimum absolute atomic E-state index is 0.193. The molecular formula is C13H26N2O. The monoisotopic (exact) mass is 226 g/mol. The molecule has 1 saturated heterocycles. The Morgan fingerprint density at radius 1 is 1.25 bits per heavy atom. The number of aliphatic hydroxyl groups is 1. The van der Waals surface area contributed by atoms with E-state index in [-0.39, 0.29) is 6.10 Å². The fourth-order valence-corrected chi connectivity index (χ4v) is 2.47. The summed E-state index contributed by atoms with van der Waals surface area (Å²) in [5.41, 5.74) is 0. The van der Waals surface area contributed by atoms with Crippen LogP contribution >= 0.6 is 0 Å². The lowest BCUT2D eigenvalue weighted by atomic mass is 9.88. The largest absolute Gasteiger partial charge is 0.390 e. The van der Waals surface area contributed by atoms with Gasteiger partial charge in [-0.15, -0.1) is 0 Å². The molecule has 0 aromatic heterocycles. The molecule has 2 fully saturated rings. The van der Waals surface area contributed by atoms with Crippen molar-refractivity contribution in [1.29, 1.82) is 0 Å².